The summed E-state index contributed by atoms with van der Waals surface area (Å²) < 4.78 is -0.225. The van der Waals surface area contributed by atoms with Crippen LogP contribution in [0.25, 0.3) is 0 Å². The molecule has 4 aliphatic carbocycles. The lowest BCUT2D eigenvalue weighted by molar-refractivity contribution is -0.125. The molecule has 4 aliphatic rings. The first-order valence-corrected chi connectivity index (χ1v) is 14.3. The summed E-state index contributed by atoms with van der Waals surface area (Å²) in [6.07, 6.45) is 15.8. The Balaban J connectivity index is 1.62. The number of fused-ring (bicyclic) bond motifs is 5. The van der Waals surface area contributed by atoms with Crippen LogP contribution in [0.2, 0.25) is 0 Å². The Labute approximate surface area is 206 Å². The zero-order valence-electron chi connectivity index (χ0n) is 22.1. The fourth-order valence-electron chi connectivity index (χ4n) is 8.36. The SMILES string of the molecule is CC(=O)S[C@@]12CC=C3C(CC[C@]4(C)[C@@H]([C@H](C)/C=C/[C@H](C)C(C)C)CC[C@@H]34)[C@@]1(C)CCC(=O)C2. The highest BCUT2D eigenvalue weighted by atomic mass is 32.2. The molecule has 0 aromatic rings. The summed E-state index contributed by atoms with van der Waals surface area (Å²) in [6, 6.07) is 0. The molecule has 0 amide bonds. The van der Waals surface area contributed by atoms with Crippen LogP contribution in [0, 0.1) is 46.3 Å². The number of thioether (sulfide) groups is 1. The highest BCUT2D eigenvalue weighted by molar-refractivity contribution is 8.14. The largest absolute Gasteiger partial charge is 0.300 e. The van der Waals surface area contributed by atoms with E-state index in [9.17, 15) is 9.59 Å². The van der Waals surface area contributed by atoms with Gasteiger partial charge in [0.2, 0.25) is 0 Å². The van der Waals surface area contributed by atoms with Gasteiger partial charge >= 0.3 is 0 Å². The van der Waals surface area contributed by atoms with Crippen LogP contribution < -0.4 is 0 Å². The second-order valence-electron chi connectivity index (χ2n) is 12.8. The summed E-state index contributed by atoms with van der Waals surface area (Å²) in [6.45, 7) is 16.1. The normalized spacial score (nSPS) is 42.5. The molecule has 3 saturated carbocycles. The molecular weight excluding hydrogens is 424 g/mol. The van der Waals surface area contributed by atoms with Crippen molar-refractivity contribution in [3.8, 4) is 0 Å². The highest BCUT2D eigenvalue weighted by Gasteiger charge is 2.63. The van der Waals surface area contributed by atoms with Crippen LogP contribution in [0.15, 0.2) is 23.8 Å². The summed E-state index contributed by atoms with van der Waals surface area (Å²) in [5, 5.41) is 0.172. The molecule has 2 nitrogen and oxygen atoms in total. The zero-order chi connectivity index (χ0) is 24.2. The molecule has 184 valence electrons. The van der Waals surface area contributed by atoms with Crippen LogP contribution in [0.4, 0.5) is 0 Å². The van der Waals surface area contributed by atoms with E-state index in [0.717, 1.165) is 18.8 Å². The minimum absolute atomic E-state index is 0.0545. The maximum absolute atomic E-state index is 12.6. The van der Waals surface area contributed by atoms with Crippen molar-refractivity contribution in [3.63, 3.8) is 0 Å². The predicted octanol–water partition coefficient (Wildman–Crippen LogP) is 8.02. The predicted molar refractivity (Wildman–Crippen MR) is 140 cm³/mol. The topological polar surface area (TPSA) is 34.1 Å². The first-order chi connectivity index (χ1) is 15.4. The summed E-state index contributed by atoms with van der Waals surface area (Å²) in [5.74, 6) is 4.27. The van der Waals surface area contributed by atoms with Gasteiger partial charge in [-0.1, -0.05) is 77.1 Å². The molecule has 0 N–H and O–H groups in total. The monoisotopic (exact) mass is 470 g/mol. The first-order valence-electron chi connectivity index (χ1n) is 13.5. The first kappa shape index (κ1) is 25.3. The van der Waals surface area contributed by atoms with E-state index < -0.39 is 0 Å². The Hall–Kier alpha value is -0.830. The average Bonchev–Trinajstić information content (AvgIpc) is 3.09. The number of hydrogen-bond acceptors (Lipinski definition) is 3. The summed E-state index contributed by atoms with van der Waals surface area (Å²) >= 11 is 1.49. The Bertz CT molecular complexity index is 851. The molecule has 3 heteroatoms. The number of ketones is 1. The van der Waals surface area contributed by atoms with E-state index in [2.05, 4.69) is 59.8 Å². The second-order valence-corrected chi connectivity index (χ2v) is 14.4. The van der Waals surface area contributed by atoms with Gasteiger partial charge in [-0.05, 0) is 84.9 Å². The lowest BCUT2D eigenvalue weighted by atomic mass is 9.47. The van der Waals surface area contributed by atoms with Gasteiger partial charge < -0.3 is 0 Å². The smallest absolute Gasteiger partial charge is 0.186 e. The highest BCUT2D eigenvalue weighted by Crippen LogP contribution is 2.69. The van der Waals surface area contributed by atoms with Crippen LogP contribution in [-0.4, -0.2) is 15.6 Å². The molecule has 3 fully saturated rings. The van der Waals surface area contributed by atoms with Gasteiger partial charge in [-0.15, -0.1) is 0 Å². The van der Waals surface area contributed by atoms with Gasteiger partial charge in [0, 0.05) is 24.5 Å². The Morgan fingerprint density at radius 3 is 2.45 bits per heavy atom. The van der Waals surface area contributed by atoms with Crippen LogP contribution in [0.3, 0.4) is 0 Å². The molecule has 0 radical (unpaired) electrons. The molecule has 0 heterocycles. The Morgan fingerprint density at radius 1 is 1.06 bits per heavy atom. The number of carbonyl (C=O) groups excluding carboxylic acids is 2. The van der Waals surface area contributed by atoms with E-state index in [1.807, 2.05) is 0 Å². The summed E-state index contributed by atoms with van der Waals surface area (Å²) in [7, 11) is 0. The Kier molecular flexibility index (Phi) is 6.89. The number of rotatable bonds is 5. The minimum Gasteiger partial charge on any atom is -0.300 e. The van der Waals surface area contributed by atoms with Gasteiger partial charge in [-0.3, -0.25) is 9.59 Å². The number of allylic oxidation sites excluding steroid dienone is 4. The fourth-order valence-corrected chi connectivity index (χ4v) is 9.79. The van der Waals surface area contributed by atoms with Crippen molar-refractivity contribution in [3.05, 3.63) is 23.8 Å². The van der Waals surface area contributed by atoms with E-state index >= 15 is 0 Å². The molecule has 33 heavy (non-hydrogen) atoms. The van der Waals surface area contributed by atoms with Crippen molar-refractivity contribution >= 4 is 22.7 Å². The van der Waals surface area contributed by atoms with Gasteiger partial charge in [0.25, 0.3) is 0 Å². The number of Topliss-reactive ketones (excluding diaryl/α,β-unsaturated/α-hetero) is 1. The third-order valence-electron chi connectivity index (χ3n) is 10.8. The lowest BCUT2D eigenvalue weighted by Crippen LogP contribution is -2.58. The van der Waals surface area contributed by atoms with Crippen molar-refractivity contribution in [2.75, 3.05) is 0 Å². The third-order valence-corrected chi connectivity index (χ3v) is 12.3. The number of hydrogen-bond donors (Lipinski definition) is 0. The van der Waals surface area contributed by atoms with Crippen LogP contribution in [-0.2, 0) is 9.59 Å². The third kappa shape index (κ3) is 4.13. The molecule has 0 aromatic heterocycles. The lowest BCUT2D eigenvalue weighted by Gasteiger charge is -2.61. The molecule has 4 rings (SSSR count). The minimum atomic E-state index is -0.225. The molecule has 0 aliphatic heterocycles. The quantitative estimate of drug-likeness (QED) is 0.381. The van der Waals surface area contributed by atoms with Crippen LogP contribution in [0.1, 0.15) is 99.8 Å². The van der Waals surface area contributed by atoms with Gasteiger partial charge in [0.1, 0.15) is 5.78 Å². The second kappa shape index (κ2) is 8.99. The van der Waals surface area contributed by atoms with Gasteiger partial charge in [0.05, 0.1) is 0 Å². The summed E-state index contributed by atoms with van der Waals surface area (Å²) in [5.41, 5.74) is 2.13. The molecule has 0 saturated heterocycles. The molecule has 0 bridgehead atoms. The van der Waals surface area contributed by atoms with Crippen molar-refractivity contribution < 1.29 is 9.59 Å². The van der Waals surface area contributed by atoms with Gasteiger partial charge in [0.15, 0.2) is 5.12 Å². The maximum atomic E-state index is 12.6. The molecule has 0 spiro atoms. The molecule has 0 aromatic carbocycles. The van der Waals surface area contributed by atoms with E-state index in [4.69, 9.17) is 0 Å². The van der Waals surface area contributed by atoms with Crippen LogP contribution in [0.5, 0.6) is 0 Å². The van der Waals surface area contributed by atoms with Crippen molar-refractivity contribution in [1.29, 1.82) is 0 Å². The summed E-state index contributed by atoms with van der Waals surface area (Å²) in [4.78, 5) is 24.9. The van der Waals surface area contributed by atoms with Crippen molar-refractivity contribution in [2.45, 2.75) is 105 Å². The molecular formula is C30H46O2S. The zero-order valence-corrected chi connectivity index (χ0v) is 22.9. The van der Waals surface area contributed by atoms with Gasteiger partial charge in [-0.25, -0.2) is 0 Å². The standard InChI is InChI=1S/C30H46O2S/c1-19(2)20(3)8-9-21(4)25-10-11-26-24-13-17-30(33-22(5)31)18-23(32)12-16-29(30,7)27(24)14-15-28(25,26)6/h8-9,13,19-21,25-27H,10-12,14-18H2,1-7H3/b9-8+/t20-,21+,25+,26-,27?,28+,29+,30+/m0/s1. The Morgan fingerprint density at radius 2 is 1.79 bits per heavy atom. The van der Waals surface area contributed by atoms with Crippen LogP contribution >= 0.6 is 11.8 Å². The molecule has 8 atom stereocenters. The van der Waals surface area contributed by atoms with E-state index in [1.165, 1.54) is 37.4 Å². The van der Waals surface area contributed by atoms with Gasteiger partial charge in [-0.2, -0.15) is 0 Å². The van der Waals surface area contributed by atoms with Crippen molar-refractivity contribution in [1.82, 2.24) is 0 Å². The van der Waals surface area contributed by atoms with E-state index in [-0.39, 0.29) is 15.3 Å². The molecule has 1 unspecified atom stereocenters. The average molecular weight is 471 g/mol. The maximum Gasteiger partial charge on any atom is 0.186 e. The van der Waals surface area contributed by atoms with E-state index in [0.29, 0.717) is 53.6 Å². The fraction of sp³-hybridized carbons (Fsp3) is 0.800. The number of carbonyl (C=O) groups is 2. The van der Waals surface area contributed by atoms with E-state index in [1.54, 1.807) is 12.5 Å². The van der Waals surface area contributed by atoms with Crippen molar-refractivity contribution in [2.24, 2.45) is 46.3 Å².